The first-order valence-corrected chi connectivity index (χ1v) is 8.69. The van der Waals surface area contributed by atoms with E-state index >= 15 is 0 Å². The van der Waals surface area contributed by atoms with Gasteiger partial charge in [-0.05, 0) is 36.8 Å². The van der Waals surface area contributed by atoms with Crippen LogP contribution in [0.25, 0.3) is 43.8 Å². The number of fused-ring (bicyclic) bond motifs is 4. The fourth-order valence-electron chi connectivity index (χ4n) is 3.71. The standard InChI is InChI=1S/C23H16O4/c1-13-22(14-6-4-3-5-7-14)19-11-17-16-9-8-15(25-2)10-18(16)23(24)27-20(17)12-21(19)26-13/h3-12H,1-2H3. The van der Waals surface area contributed by atoms with E-state index in [1.54, 1.807) is 19.2 Å². The van der Waals surface area contributed by atoms with Gasteiger partial charge in [-0.1, -0.05) is 30.3 Å². The van der Waals surface area contributed by atoms with Crippen LogP contribution in [0.4, 0.5) is 0 Å². The summed E-state index contributed by atoms with van der Waals surface area (Å²) in [6.45, 7) is 1.95. The first-order valence-electron chi connectivity index (χ1n) is 8.69. The highest BCUT2D eigenvalue weighted by molar-refractivity contribution is 6.11. The van der Waals surface area contributed by atoms with Crippen LogP contribution in [0.5, 0.6) is 5.75 Å². The molecule has 0 aliphatic heterocycles. The van der Waals surface area contributed by atoms with Crippen LogP contribution >= 0.6 is 0 Å². The SMILES string of the molecule is COc1ccc2c(c1)c(=O)oc1cc3oc(C)c(-c4ccccc4)c3cc12. The molecule has 2 aromatic heterocycles. The quantitative estimate of drug-likeness (QED) is 0.302. The van der Waals surface area contributed by atoms with Crippen molar-refractivity contribution in [3.05, 3.63) is 76.8 Å². The molecular weight excluding hydrogens is 340 g/mol. The summed E-state index contributed by atoms with van der Waals surface area (Å²) in [5.41, 5.74) is 2.98. The van der Waals surface area contributed by atoms with Crippen molar-refractivity contribution in [2.75, 3.05) is 7.11 Å². The van der Waals surface area contributed by atoms with E-state index in [9.17, 15) is 4.79 Å². The average molecular weight is 356 g/mol. The Morgan fingerprint density at radius 1 is 0.778 bits per heavy atom. The van der Waals surface area contributed by atoms with E-state index < -0.39 is 0 Å². The molecule has 0 saturated heterocycles. The number of ether oxygens (including phenoxy) is 1. The predicted molar refractivity (Wildman–Crippen MR) is 106 cm³/mol. The number of hydrogen-bond acceptors (Lipinski definition) is 4. The van der Waals surface area contributed by atoms with Gasteiger partial charge in [-0.2, -0.15) is 0 Å². The number of furan rings is 1. The minimum atomic E-state index is -0.387. The average Bonchev–Trinajstić information content (AvgIpc) is 3.01. The molecule has 0 N–H and O–H groups in total. The van der Waals surface area contributed by atoms with Crippen molar-refractivity contribution in [3.8, 4) is 16.9 Å². The van der Waals surface area contributed by atoms with Gasteiger partial charge in [0.25, 0.3) is 0 Å². The maximum atomic E-state index is 12.4. The third-order valence-corrected chi connectivity index (χ3v) is 4.97. The van der Waals surface area contributed by atoms with Crippen LogP contribution < -0.4 is 10.4 Å². The van der Waals surface area contributed by atoms with Crippen LogP contribution in [0.1, 0.15) is 5.76 Å². The van der Waals surface area contributed by atoms with Crippen LogP contribution in [-0.2, 0) is 0 Å². The molecule has 0 atom stereocenters. The van der Waals surface area contributed by atoms with Crippen molar-refractivity contribution < 1.29 is 13.6 Å². The van der Waals surface area contributed by atoms with Crippen molar-refractivity contribution in [2.24, 2.45) is 0 Å². The van der Waals surface area contributed by atoms with Crippen molar-refractivity contribution in [3.63, 3.8) is 0 Å². The van der Waals surface area contributed by atoms with Gasteiger partial charge < -0.3 is 13.6 Å². The molecule has 3 aromatic carbocycles. The lowest BCUT2D eigenvalue weighted by Gasteiger charge is -2.06. The Balaban J connectivity index is 1.91. The number of methoxy groups -OCH3 is 1. The molecule has 5 aromatic rings. The molecule has 0 amide bonds. The van der Waals surface area contributed by atoms with Crippen molar-refractivity contribution in [1.82, 2.24) is 0 Å². The summed E-state index contributed by atoms with van der Waals surface area (Å²) in [4.78, 5) is 12.4. The van der Waals surface area contributed by atoms with Crippen LogP contribution in [0.2, 0.25) is 0 Å². The van der Waals surface area contributed by atoms with E-state index in [0.29, 0.717) is 22.3 Å². The zero-order valence-electron chi connectivity index (χ0n) is 14.9. The normalized spacial score (nSPS) is 11.5. The topological polar surface area (TPSA) is 52.6 Å². The summed E-state index contributed by atoms with van der Waals surface area (Å²) in [7, 11) is 1.58. The third kappa shape index (κ3) is 2.34. The van der Waals surface area contributed by atoms with E-state index in [1.807, 2.05) is 43.3 Å². The Kier molecular flexibility index (Phi) is 3.34. The number of benzene rings is 3. The Morgan fingerprint density at radius 3 is 2.33 bits per heavy atom. The molecule has 0 saturated carbocycles. The first kappa shape index (κ1) is 15.7. The van der Waals surface area contributed by atoms with Crippen LogP contribution in [0.3, 0.4) is 0 Å². The lowest BCUT2D eigenvalue weighted by Crippen LogP contribution is -2.00. The summed E-state index contributed by atoms with van der Waals surface area (Å²) in [5, 5.41) is 3.21. The highest BCUT2D eigenvalue weighted by atomic mass is 16.5. The minimum absolute atomic E-state index is 0.387. The predicted octanol–water partition coefficient (Wildman–Crippen LogP) is 5.68. The number of aryl methyl sites for hydroxylation is 1. The van der Waals surface area contributed by atoms with Gasteiger partial charge in [-0.15, -0.1) is 0 Å². The van der Waals surface area contributed by atoms with Crippen molar-refractivity contribution in [1.29, 1.82) is 0 Å². The van der Waals surface area contributed by atoms with Crippen LogP contribution in [0.15, 0.2) is 74.3 Å². The molecule has 0 aliphatic carbocycles. The lowest BCUT2D eigenvalue weighted by molar-refractivity contribution is 0.415. The highest BCUT2D eigenvalue weighted by Gasteiger charge is 2.16. The van der Waals surface area contributed by atoms with Gasteiger partial charge in [-0.25, -0.2) is 4.79 Å². The maximum absolute atomic E-state index is 12.4. The first-order chi connectivity index (χ1) is 13.2. The monoisotopic (exact) mass is 356 g/mol. The summed E-state index contributed by atoms with van der Waals surface area (Å²) in [6, 6.07) is 19.4. The summed E-state index contributed by atoms with van der Waals surface area (Å²) in [6.07, 6.45) is 0. The zero-order chi connectivity index (χ0) is 18.5. The zero-order valence-corrected chi connectivity index (χ0v) is 14.9. The van der Waals surface area contributed by atoms with Gasteiger partial charge in [0.05, 0.1) is 12.5 Å². The molecule has 27 heavy (non-hydrogen) atoms. The smallest absolute Gasteiger partial charge is 0.344 e. The van der Waals surface area contributed by atoms with E-state index in [2.05, 4.69) is 12.1 Å². The van der Waals surface area contributed by atoms with E-state index in [0.717, 1.165) is 33.0 Å². The second-order valence-electron chi connectivity index (χ2n) is 6.54. The van der Waals surface area contributed by atoms with Crippen LogP contribution in [-0.4, -0.2) is 7.11 Å². The van der Waals surface area contributed by atoms with Gasteiger partial charge in [-0.3, -0.25) is 0 Å². The summed E-state index contributed by atoms with van der Waals surface area (Å²) < 4.78 is 16.8. The fraction of sp³-hybridized carbons (Fsp3) is 0.0870. The Hall–Kier alpha value is -3.53. The molecule has 0 bridgehead atoms. The maximum Gasteiger partial charge on any atom is 0.344 e. The summed E-state index contributed by atoms with van der Waals surface area (Å²) >= 11 is 0. The largest absolute Gasteiger partial charge is 0.497 e. The van der Waals surface area contributed by atoms with Gasteiger partial charge in [0.1, 0.15) is 22.7 Å². The van der Waals surface area contributed by atoms with Crippen molar-refractivity contribution in [2.45, 2.75) is 6.92 Å². The van der Waals surface area contributed by atoms with Crippen molar-refractivity contribution >= 4 is 32.7 Å². The molecule has 5 rings (SSSR count). The lowest BCUT2D eigenvalue weighted by atomic mass is 9.99. The molecule has 0 aliphatic rings. The van der Waals surface area contributed by atoms with E-state index in [4.69, 9.17) is 13.6 Å². The molecule has 2 heterocycles. The second kappa shape index (κ2) is 5.74. The molecular formula is C23H16O4. The molecule has 0 radical (unpaired) electrons. The molecule has 0 fully saturated rings. The van der Waals surface area contributed by atoms with Crippen LogP contribution in [0, 0.1) is 6.92 Å². The van der Waals surface area contributed by atoms with E-state index in [1.165, 1.54) is 0 Å². The van der Waals surface area contributed by atoms with Gasteiger partial charge >= 0.3 is 5.63 Å². The fourth-order valence-corrected chi connectivity index (χ4v) is 3.71. The van der Waals surface area contributed by atoms with Gasteiger partial charge in [0.15, 0.2) is 0 Å². The highest BCUT2D eigenvalue weighted by Crippen LogP contribution is 2.38. The van der Waals surface area contributed by atoms with Gasteiger partial charge in [0.2, 0.25) is 0 Å². The number of rotatable bonds is 2. The molecule has 4 heteroatoms. The Bertz CT molecular complexity index is 1370. The number of hydrogen-bond donors (Lipinski definition) is 0. The molecule has 0 unspecified atom stereocenters. The molecule has 132 valence electrons. The Morgan fingerprint density at radius 2 is 1.56 bits per heavy atom. The second-order valence-corrected chi connectivity index (χ2v) is 6.54. The summed E-state index contributed by atoms with van der Waals surface area (Å²) in [5.74, 6) is 1.46. The Labute approximate surface area is 154 Å². The molecule has 4 nitrogen and oxygen atoms in total. The minimum Gasteiger partial charge on any atom is -0.497 e. The van der Waals surface area contributed by atoms with Gasteiger partial charge in [0, 0.05) is 27.8 Å². The van der Waals surface area contributed by atoms with E-state index in [-0.39, 0.29) is 5.63 Å². The third-order valence-electron chi connectivity index (χ3n) is 4.97. The molecule has 0 spiro atoms.